The van der Waals surface area contributed by atoms with Crippen molar-refractivity contribution in [1.82, 2.24) is 0 Å². The van der Waals surface area contributed by atoms with E-state index in [2.05, 4.69) is 0 Å². The molecule has 7 aliphatic rings. The Labute approximate surface area is 346 Å². The Bertz CT molecular complexity index is 1420. The zero-order valence-corrected chi connectivity index (χ0v) is 51.8. The van der Waals surface area contributed by atoms with E-state index in [1.165, 1.54) is 0 Å². The van der Waals surface area contributed by atoms with Gasteiger partial charge in [-0.2, -0.15) is 0 Å². The topological polar surface area (TPSA) is 207 Å². The summed E-state index contributed by atoms with van der Waals surface area (Å²) in [6.07, 6.45) is 0. The highest BCUT2D eigenvalue weighted by Crippen LogP contribution is 2.58. The van der Waals surface area contributed by atoms with Crippen LogP contribution < -0.4 is 0 Å². The highest BCUT2D eigenvalue weighted by molar-refractivity contribution is 7.07. The van der Waals surface area contributed by atoms with Gasteiger partial charge in [0.15, 0.2) is 74.0 Å². The van der Waals surface area contributed by atoms with Crippen LogP contribution in [0.4, 0.5) is 0 Å². The number of hydrogen-bond donors (Lipinski definition) is 2. The molecular weight excluding hydrogens is 998 g/mol. The molecule has 36 heteroatoms. The highest BCUT2D eigenvalue weighted by Gasteiger charge is 2.97. The van der Waals surface area contributed by atoms with Crippen molar-refractivity contribution in [2.75, 3.05) is 0 Å². The van der Waals surface area contributed by atoms with Gasteiger partial charge >= 0.3 is 71.2 Å². The second-order valence-corrected chi connectivity index (χ2v) is 60.9. The molecule has 20 nitrogen and oxygen atoms in total. The van der Waals surface area contributed by atoms with Gasteiger partial charge in [0.05, 0.1) is 0 Å². The van der Waals surface area contributed by atoms with Crippen molar-refractivity contribution >= 4 is 143 Å². The summed E-state index contributed by atoms with van der Waals surface area (Å²) >= 11 is 0. The molecule has 0 radical (unpaired) electrons. The van der Waals surface area contributed by atoms with E-state index in [0.717, 1.165) is 0 Å². The van der Waals surface area contributed by atoms with Crippen molar-refractivity contribution in [3.63, 3.8) is 0 Å². The maximum absolute atomic E-state index is 13.0. The van der Waals surface area contributed by atoms with Gasteiger partial charge < -0.3 is 84.9 Å². The van der Waals surface area contributed by atoms with Crippen molar-refractivity contribution in [2.45, 2.75) is 120 Å². The quantitative estimate of drug-likeness (QED) is 0.177. The summed E-state index contributed by atoms with van der Waals surface area (Å²) in [7, 11) is -55.8. The molecule has 0 amide bonds. The lowest BCUT2D eigenvalue weighted by molar-refractivity contribution is -0.190. The minimum Gasteiger partial charge on any atom is -0.418 e. The molecule has 7 heterocycles. The Morgan fingerprint density at radius 1 is 0.418 bits per heavy atom. The SMILES string of the molecule is C[SiH](C)O[Si]1(O)O[Si]2(O[SiH](C)C)O[Si]3(O[SiH](C)C)OC4[Si]5(O)OC([SiH](C)C)(O5)[Si](O[SiH](C)C)(O[Si]5(O[SiH](C)C)OC3[Si](O[SiH](C)C)(O2)O5)O[Si]4(O[SiH](C)C)O1. The number of fused-ring (bicyclic) bond motifs is 2. The number of hydrogen-bond acceptors (Lipinski definition) is 20. The molecule has 9 bridgehead atoms. The van der Waals surface area contributed by atoms with Crippen LogP contribution in [-0.2, 0) is 75.3 Å². The summed E-state index contributed by atoms with van der Waals surface area (Å²) in [5, 5.41) is -4.66. The van der Waals surface area contributed by atoms with E-state index in [0.29, 0.717) is 0 Å². The van der Waals surface area contributed by atoms with Gasteiger partial charge in [-0.25, -0.2) is 0 Å². The Hall–Kier alpha value is 2.67. The average molecular weight is 1060 g/mol. The van der Waals surface area contributed by atoms with Gasteiger partial charge in [-0.1, -0.05) is 13.1 Å². The molecule has 0 saturated carbocycles. The van der Waals surface area contributed by atoms with Gasteiger partial charge in [-0.15, -0.1) is 0 Å². The van der Waals surface area contributed by atoms with E-state index < -0.39 is 159 Å². The first-order chi connectivity index (χ1) is 25.2. The molecule has 7 saturated heterocycles. The van der Waals surface area contributed by atoms with Crippen LogP contribution in [0, 0.1) is 0 Å². The molecule has 7 fully saturated rings. The second kappa shape index (κ2) is 16.0. The standard InChI is InChI=1S/C19H60O20Si16/c1-40(2)19-24-48(20,25-19)17-22-49(26-41(3)4)18-23-54(31-46(13)14)36-51(18,28-43(7)8)37-55(35-49,32-47(15)16)39-53(21,30-45(11)12)34-50(17,27-42(5)6)33-52(19,38-54)29-44(9)10/h17-18,20-21,40-47H,1-16H3. The van der Waals surface area contributed by atoms with Gasteiger partial charge in [0.25, 0.3) is 0 Å². The van der Waals surface area contributed by atoms with Crippen molar-refractivity contribution in [3.05, 3.63) is 0 Å². The van der Waals surface area contributed by atoms with Crippen molar-refractivity contribution in [2.24, 2.45) is 0 Å². The lowest BCUT2D eigenvalue weighted by atomic mass is 11.4. The lowest BCUT2D eigenvalue weighted by Crippen LogP contribution is -2.88. The predicted octanol–water partition coefficient (Wildman–Crippen LogP) is -1.61. The molecule has 0 aromatic rings. The molecule has 0 aromatic heterocycles. The molecular formula is C19H60O20Si16. The third kappa shape index (κ3) is 8.56. The maximum atomic E-state index is 13.0. The van der Waals surface area contributed by atoms with Crippen molar-refractivity contribution in [3.8, 4) is 0 Å². The summed E-state index contributed by atoms with van der Waals surface area (Å²) in [6, 6.07) is 0. The zero-order chi connectivity index (χ0) is 41.0. The third-order valence-corrected chi connectivity index (χ3v) is 62.1. The van der Waals surface area contributed by atoms with Gasteiger partial charge in [0.1, 0.15) is 8.80 Å². The molecule has 0 aromatic carbocycles. The second-order valence-electron chi connectivity index (χ2n) is 16.4. The van der Waals surface area contributed by atoms with Gasteiger partial charge in [0, 0.05) is 0 Å². The first-order valence-electron chi connectivity index (χ1n) is 19.0. The molecule has 9 atom stereocenters. The van der Waals surface area contributed by atoms with E-state index in [9.17, 15) is 9.59 Å². The Kier molecular flexibility index (Phi) is 13.7. The third-order valence-electron chi connectivity index (χ3n) is 8.22. The van der Waals surface area contributed by atoms with E-state index >= 15 is 0 Å². The summed E-state index contributed by atoms with van der Waals surface area (Å²) < 4.78 is 126. The summed E-state index contributed by atoms with van der Waals surface area (Å²) in [5.41, 5.74) is 0. The average Bonchev–Trinajstić information content (AvgIpc) is 3.17. The number of rotatable bonds is 15. The molecule has 7 aliphatic heterocycles. The van der Waals surface area contributed by atoms with E-state index in [1.54, 1.807) is 0 Å². The van der Waals surface area contributed by atoms with Crippen LogP contribution >= 0.6 is 0 Å². The summed E-state index contributed by atoms with van der Waals surface area (Å²) in [5.74, 6) is 0. The van der Waals surface area contributed by atoms with E-state index in [-0.39, 0.29) is 0 Å². The normalized spacial score (nSPS) is 46.6. The largest absolute Gasteiger partial charge is 0.654 e. The van der Waals surface area contributed by atoms with E-state index in [4.69, 9.17) is 75.3 Å². The van der Waals surface area contributed by atoms with Crippen LogP contribution in [0.2, 0.25) is 105 Å². The van der Waals surface area contributed by atoms with Crippen LogP contribution in [0.3, 0.4) is 0 Å². The summed E-state index contributed by atoms with van der Waals surface area (Å²) in [6.45, 7) is 30.9. The fourth-order valence-electron chi connectivity index (χ4n) is 7.06. The molecule has 320 valence electrons. The highest BCUT2D eigenvalue weighted by atomic mass is 28.6. The Morgan fingerprint density at radius 2 is 0.855 bits per heavy atom. The molecule has 7 rings (SSSR count). The monoisotopic (exact) mass is 1060 g/mol. The maximum Gasteiger partial charge on any atom is 0.654 e. The molecule has 9 unspecified atom stereocenters. The van der Waals surface area contributed by atoms with Crippen LogP contribution in [0.1, 0.15) is 0 Å². The summed E-state index contributed by atoms with van der Waals surface area (Å²) in [4.78, 5) is 25.9. The smallest absolute Gasteiger partial charge is 0.418 e. The fourth-order valence-corrected chi connectivity index (χ4v) is 77.5. The van der Waals surface area contributed by atoms with Crippen molar-refractivity contribution < 1.29 is 84.9 Å². The molecule has 2 N–H and O–H groups in total. The van der Waals surface area contributed by atoms with Gasteiger partial charge in [-0.3, -0.25) is 0 Å². The van der Waals surface area contributed by atoms with Crippen molar-refractivity contribution in [1.29, 1.82) is 0 Å². The Balaban J connectivity index is 1.81. The lowest BCUT2D eigenvalue weighted by Gasteiger charge is -2.57. The van der Waals surface area contributed by atoms with E-state index in [1.807, 2.05) is 105 Å². The fraction of sp³-hybridized carbons (Fsp3) is 1.00. The van der Waals surface area contributed by atoms with Crippen LogP contribution in [0.15, 0.2) is 0 Å². The van der Waals surface area contributed by atoms with Crippen LogP contribution in [0.25, 0.3) is 0 Å². The predicted molar refractivity (Wildman–Crippen MR) is 231 cm³/mol. The van der Waals surface area contributed by atoms with Crippen LogP contribution in [-0.4, -0.2) is 169 Å². The van der Waals surface area contributed by atoms with Gasteiger partial charge in [0.2, 0.25) is 5.03 Å². The van der Waals surface area contributed by atoms with Crippen LogP contribution in [0.5, 0.6) is 0 Å². The molecule has 0 spiro atoms. The first kappa shape index (κ1) is 47.2. The zero-order valence-electron chi connectivity index (χ0n) is 34.5. The minimum atomic E-state index is -5.11. The molecule has 0 aliphatic carbocycles. The minimum absolute atomic E-state index is 1.30. The first-order valence-corrected chi connectivity index (χ1v) is 55.3. The molecule has 55 heavy (non-hydrogen) atoms. The van der Waals surface area contributed by atoms with Gasteiger partial charge in [-0.05, 0) is 91.7 Å². The Morgan fingerprint density at radius 3 is 1.35 bits per heavy atom.